The zero-order valence-corrected chi connectivity index (χ0v) is 11.5. The van der Waals surface area contributed by atoms with Crippen LogP contribution in [0.25, 0.3) is 0 Å². The van der Waals surface area contributed by atoms with Crippen LogP contribution in [0.1, 0.15) is 52.9 Å². The van der Waals surface area contributed by atoms with E-state index in [4.69, 9.17) is 5.11 Å². The van der Waals surface area contributed by atoms with E-state index < -0.39 is 11.5 Å². The molecule has 104 valence electrons. The van der Waals surface area contributed by atoms with Crippen LogP contribution in [-0.4, -0.2) is 29.2 Å². The Labute approximate surface area is 108 Å². The summed E-state index contributed by atoms with van der Waals surface area (Å²) >= 11 is 0. The van der Waals surface area contributed by atoms with E-state index >= 15 is 0 Å². The summed E-state index contributed by atoms with van der Waals surface area (Å²) in [5.74, 6) is -0.858. The lowest BCUT2D eigenvalue weighted by Crippen LogP contribution is -2.57. The van der Waals surface area contributed by atoms with Gasteiger partial charge in [-0.1, -0.05) is 20.8 Å². The highest BCUT2D eigenvalue weighted by atomic mass is 16.4. The number of rotatable bonds is 6. The molecule has 1 rings (SSSR count). The summed E-state index contributed by atoms with van der Waals surface area (Å²) < 4.78 is 0. The van der Waals surface area contributed by atoms with E-state index in [2.05, 4.69) is 31.4 Å². The number of hydrogen-bond acceptors (Lipinski definition) is 2. The topological polar surface area (TPSA) is 78.4 Å². The van der Waals surface area contributed by atoms with E-state index in [1.807, 2.05) is 0 Å². The van der Waals surface area contributed by atoms with Crippen molar-refractivity contribution in [3.8, 4) is 0 Å². The molecule has 1 aliphatic carbocycles. The molecule has 0 aliphatic heterocycles. The summed E-state index contributed by atoms with van der Waals surface area (Å²) in [5.41, 5.74) is -0.455. The number of urea groups is 1. The molecule has 2 amide bonds. The van der Waals surface area contributed by atoms with E-state index in [9.17, 15) is 9.59 Å². The van der Waals surface area contributed by atoms with Crippen LogP contribution in [0.3, 0.4) is 0 Å². The lowest BCUT2D eigenvalue weighted by Gasteiger charge is -2.41. The maximum Gasteiger partial charge on any atom is 0.315 e. The van der Waals surface area contributed by atoms with Crippen LogP contribution in [0.5, 0.6) is 0 Å². The van der Waals surface area contributed by atoms with Gasteiger partial charge in [0.2, 0.25) is 0 Å². The van der Waals surface area contributed by atoms with Gasteiger partial charge in [-0.2, -0.15) is 0 Å². The first-order chi connectivity index (χ1) is 8.29. The second-order valence-electron chi connectivity index (χ2n) is 6.03. The van der Waals surface area contributed by atoms with Crippen molar-refractivity contribution in [2.75, 3.05) is 6.54 Å². The number of aliphatic carboxylic acids is 1. The smallest absolute Gasteiger partial charge is 0.315 e. The average Bonchev–Trinajstić information content (AvgIpc) is 2.23. The Hall–Kier alpha value is -1.26. The molecule has 0 aromatic rings. The molecule has 1 fully saturated rings. The number of carbonyl (C=O) groups is 2. The van der Waals surface area contributed by atoms with E-state index in [-0.39, 0.29) is 17.9 Å². The number of hydrogen-bond donors (Lipinski definition) is 3. The van der Waals surface area contributed by atoms with Gasteiger partial charge in [0.1, 0.15) is 0 Å². The lowest BCUT2D eigenvalue weighted by molar-refractivity contribution is -0.139. The van der Waals surface area contributed by atoms with Crippen molar-refractivity contribution in [3.05, 3.63) is 0 Å². The minimum atomic E-state index is -0.858. The standard InChI is InChI=1S/C13H24N2O3/c1-4-12(2,3)9-14-11(18)15-13(6-5-7-13)8-10(16)17/h4-9H2,1-3H3,(H,16,17)(H2,14,15,18). The number of amides is 2. The van der Waals surface area contributed by atoms with Crippen LogP contribution >= 0.6 is 0 Å². The number of carboxylic acid groups (broad SMARTS) is 1. The molecule has 18 heavy (non-hydrogen) atoms. The molecule has 0 heterocycles. The molecule has 0 unspecified atom stereocenters. The quantitative estimate of drug-likeness (QED) is 0.681. The van der Waals surface area contributed by atoms with Gasteiger partial charge in [0.25, 0.3) is 0 Å². The third-order valence-corrected chi connectivity index (χ3v) is 3.86. The Morgan fingerprint density at radius 3 is 2.33 bits per heavy atom. The van der Waals surface area contributed by atoms with Crippen LogP contribution in [-0.2, 0) is 4.79 Å². The third kappa shape index (κ3) is 4.20. The fourth-order valence-electron chi connectivity index (χ4n) is 1.97. The van der Waals surface area contributed by atoms with E-state index in [1.54, 1.807) is 0 Å². The molecular formula is C13H24N2O3. The van der Waals surface area contributed by atoms with Gasteiger partial charge in [0.05, 0.1) is 12.0 Å². The van der Waals surface area contributed by atoms with Crippen LogP contribution in [0.2, 0.25) is 0 Å². The summed E-state index contributed by atoms with van der Waals surface area (Å²) in [6.07, 6.45) is 3.48. The zero-order chi connectivity index (χ0) is 13.8. The third-order valence-electron chi connectivity index (χ3n) is 3.86. The maximum absolute atomic E-state index is 11.8. The van der Waals surface area contributed by atoms with Gasteiger partial charge in [-0.15, -0.1) is 0 Å². The zero-order valence-electron chi connectivity index (χ0n) is 11.5. The maximum atomic E-state index is 11.8. The van der Waals surface area contributed by atoms with E-state index in [0.29, 0.717) is 6.54 Å². The Balaban J connectivity index is 2.41. The molecule has 1 saturated carbocycles. The molecule has 5 heteroatoms. The van der Waals surface area contributed by atoms with Gasteiger partial charge >= 0.3 is 12.0 Å². The predicted molar refractivity (Wildman–Crippen MR) is 69.4 cm³/mol. The molecule has 0 bridgehead atoms. The Bertz CT molecular complexity index is 322. The number of carboxylic acids is 1. The van der Waals surface area contributed by atoms with E-state index in [1.165, 1.54) is 0 Å². The summed E-state index contributed by atoms with van der Waals surface area (Å²) in [6.45, 7) is 6.85. The molecule has 5 nitrogen and oxygen atoms in total. The molecule has 0 atom stereocenters. The summed E-state index contributed by atoms with van der Waals surface area (Å²) in [6, 6.07) is -0.252. The number of carbonyl (C=O) groups excluding carboxylic acids is 1. The van der Waals surface area contributed by atoms with Crippen molar-refractivity contribution >= 4 is 12.0 Å². The second kappa shape index (κ2) is 5.59. The Kier molecular flexibility index (Phi) is 4.59. The Morgan fingerprint density at radius 2 is 1.94 bits per heavy atom. The van der Waals surface area contributed by atoms with Crippen LogP contribution in [0.4, 0.5) is 4.79 Å². The van der Waals surface area contributed by atoms with Crippen molar-refractivity contribution in [2.24, 2.45) is 5.41 Å². The van der Waals surface area contributed by atoms with Gasteiger partial charge in [-0.25, -0.2) is 4.79 Å². The van der Waals surface area contributed by atoms with Crippen LogP contribution in [0, 0.1) is 5.41 Å². The largest absolute Gasteiger partial charge is 0.481 e. The second-order valence-corrected chi connectivity index (χ2v) is 6.03. The Morgan fingerprint density at radius 1 is 1.33 bits per heavy atom. The first kappa shape index (κ1) is 14.8. The van der Waals surface area contributed by atoms with E-state index in [0.717, 1.165) is 25.7 Å². The molecule has 0 aromatic carbocycles. The number of nitrogens with one attached hydrogen (secondary N) is 2. The SMILES string of the molecule is CCC(C)(C)CNC(=O)NC1(CC(=O)O)CCC1. The predicted octanol–water partition coefficient (Wildman–Crippen LogP) is 2.12. The highest BCUT2D eigenvalue weighted by Crippen LogP contribution is 2.34. The molecule has 0 saturated heterocycles. The van der Waals surface area contributed by atoms with Gasteiger partial charge in [0, 0.05) is 6.54 Å². The minimum absolute atomic E-state index is 0.0115. The normalized spacial score (nSPS) is 17.7. The molecule has 1 aliphatic rings. The van der Waals surface area contributed by atoms with Crippen LogP contribution in [0.15, 0.2) is 0 Å². The minimum Gasteiger partial charge on any atom is -0.481 e. The highest BCUT2D eigenvalue weighted by Gasteiger charge is 2.40. The van der Waals surface area contributed by atoms with Gasteiger partial charge in [-0.3, -0.25) is 4.79 Å². The van der Waals surface area contributed by atoms with Crippen molar-refractivity contribution in [1.82, 2.24) is 10.6 Å². The molecule has 0 aromatic heterocycles. The van der Waals surface area contributed by atoms with Gasteiger partial charge in [0.15, 0.2) is 0 Å². The molecule has 0 radical (unpaired) electrons. The summed E-state index contributed by atoms with van der Waals surface area (Å²) in [4.78, 5) is 22.6. The van der Waals surface area contributed by atoms with Gasteiger partial charge < -0.3 is 15.7 Å². The van der Waals surface area contributed by atoms with Crippen molar-refractivity contribution in [1.29, 1.82) is 0 Å². The first-order valence-corrected chi connectivity index (χ1v) is 6.56. The fourth-order valence-corrected chi connectivity index (χ4v) is 1.97. The van der Waals surface area contributed by atoms with Crippen molar-refractivity contribution in [3.63, 3.8) is 0 Å². The highest BCUT2D eigenvalue weighted by molar-refractivity contribution is 5.77. The lowest BCUT2D eigenvalue weighted by atomic mass is 9.74. The van der Waals surface area contributed by atoms with Crippen molar-refractivity contribution in [2.45, 2.75) is 58.4 Å². The average molecular weight is 256 g/mol. The fraction of sp³-hybridized carbons (Fsp3) is 0.846. The van der Waals surface area contributed by atoms with Gasteiger partial charge in [-0.05, 0) is 31.1 Å². The van der Waals surface area contributed by atoms with Crippen LogP contribution < -0.4 is 10.6 Å². The molecule has 0 spiro atoms. The molecular weight excluding hydrogens is 232 g/mol. The summed E-state index contributed by atoms with van der Waals surface area (Å²) in [7, 11) is 0. The molecule has 3 N–H and O–H groups in total. The first-order valence-electron chi connectivity index (χ1n) is 6.56. The van der Waals surface area contributed by atoms with Crippen molar-refractivity contribution < 1.29 is 14.7 Å². The summed E-state index contributed by atoms with van der Waals surface area (Å²) in [5, 5.41) is 14.5. The monoisotopic (exact) mass is 256 g/mol.